The van der Waals surface area contributed by atoms with Gasteiger partial charge in [-0.25, -0.2) is 4.98 Å². The van der Waals surface area contributed by atoms with Crippen molar-refractivity contribution in [1.82, 2.24) is 9.88 Å². The Kier molecular flexibility index (Phi) is 6.89. The number of carbonyl (C=O) groups excluding carboxylic acids is 1. The Morgan fingerprint density at radius 2 is 1.78 bits per heavy atom. The number of amides is 1. The number of hydrogen-bond acceptors (Lipinski definition) is 4. The molecule has 1 heterocycles. The molecule has 1 aromatic carbocycles. The van der Waals surface area contributed by atoms with Crippen LogP contribution in [0.25, 0.3) is 0 Å². The number of hydrogen-bond donors (Lipinski definition) is 1. The molecular weight excluding hydrogens is 419 g/mol. The zero-order valence-electron chi connectivity index (χ0n) is 18.1. The number of halogens is 3. The Labute approximate surface area is 185 Å². The van der Waals surface area contributed by atoms with Crippen LogP contribution in [-0.2, 0) is 5.60 Å². The lowest BCUT2D eigenvalue weighted by Crippen LogP contribution is -2.42. The monoisotopic (exact) mass is 445 g/mol. The largest absolute Gasteiger partial charge is 0.421 e. The standard InChI is InChI=1S/C24H26F3N3O2/c1-3-30(21-12-7-16(8-13-21)18-6-11-20(14-28)29-15-18)22(31)17-4-9-19(10-5-17)23(2,32)24(25,26)27/h4-6,9-11,15-16,21,32H,3,7-8,12-13H2,1-2H3. The smallest absolute Gasteiger partial charge is 0.376 e. The third kappa shape index (κ3) is 4.78. The summed E-state index contributed by atoms with van der Waals surface area (Å²) in [6, 6.07) is 10.7. The molecule has 0 radical (unpaired) electrons. The summed E-state index contributed by atoms with van der Waals surface area (Å²) in [5.74, 6) is 0.0957. The minimum absolute atomic E-state index is 0.0491. The highest BCUT2D eigenvalue weighted by molar-refractivity contribution is 5.94. The van der Waals surface area contributed by atoms with Crippen LogP contribution in [0.2, 0.25) is 0 Å². The van der Waals surface area contributed by atoms with Crippen LogP contribution in [0.3, 0.4) is 0 Å². The molecule has 1 aliphatic rings. The summed E-state index contributed by atoms with van der Waals surface area (Å²) >= 11 is 0. The molecule has 3 rings (SSSR count). The van der Waals surface area contributed by atoms with Crippen molar-refractivity contribution in [2.45, 2.75) is 63.3 Å². The molecule has 1 fully saturated rings. The van der Waals surface area contributed by atoms with Crippen LogP contribution in [0.4, 0.5) is 13.2 Å². The van der Waals surface area contributed by atoms with Gasteiger partial charge in [0, 0.05) is 24.3 Å². The fourth-order valence-corrected chi connectivity index (χ4v) is 4.27. The van der Waals surface area contributed by atoms with Crippen molar-refractivity contribution in [3.05, 3.63) is 65.0 Å². The third-order valence-corrected chi connectivity index (χ3v) is 6.36. The summed E-state index contributed by atoms with van der Waals surface area (Å²) in [7, 11) is 0. The molecule has 0 aliphatic heterocycles. The SMILES string of the molecule is CCN(C(=O)c1ccc(C(C)(O)C(F)(F)F)cc1)C1CCC(c2ccc(C#N)nc2)CC1. The normalized spacial score (nSPS) is 20.8. The maximum absolute atomic E-state index is 13.1. The number of aromatic nitrogens is 1. The Morgan fingerprint density at radius 1 is 1.16 bits per heavy atom. The molecule has 170 valence electrons. The van der Waals surface area contributed by atoms with Crippen LogP contribution >= 0.6 is 0 Å². The summed E-state index contributed by atoms with van der Waals surface area (Å²) < 4.78 is 39.2. The van der Waals surface area contributed by atoms with Crippen LogP contribution in [0.1, 0.15) is 72.6 Å². The molecule has 1 amide bonds. The van der Waals surface area contributed by atoms with Crippen LogP contribution < -0.4 is 0 Å². The first-order valence-electron chi connectivity index (χ1n) is 10.6. The van der Waals surface area contributed by atoms with E-state index in [1.165, 1.54) is 12.1 Å². The van der Waals surface area contributed by atoms with Crippen molar-refractivity contribution in [1.29, 1.82) is 5.26 Å². The fraction of sp³-hybridized carbons (Fsp3) is 0.458. The van der Waals surface area contributed by atoms with E-state index in [0.717, 1.165) is 43.4 Å². The number of rotatable bonds is 5. The van der Waals surface area contributed by atoms with Gasteiger partial charge in [0.15, 0.2) is 5.60 Å². The van der Waals surface area contributed by atoms with Gasteiger partial charge in [-0.05, 0) is 74.8 Å². The average molecular weight is 445 g/mol. The van der Waals surface area contributed by atoms with Gasteiger partial charge in [0.2, 0.25) is 0 Å². The van der Waals surface area contributed by atoms with Crippen LogP contribution in [0, 0.1) is 11.3 Å². The van der Waals surface area contributed by atoms with Gasteiger partial charge in [0.25, 0.3) is 5.91 Å². The highest BCUT2D eigenvalue weighted by Crippen LogP contribution is 2.39. The number of benzene rings is 1. The second-order valence-electron chi connectivity index (χ2n) is 8.33. The Bertz CT molecular complexity index is 972. The number of alkyl halides is 3. The lowest BCUT2D eigenvalue weighted by atomic mass is 9.81. The van der Waals surface area contributed by atoms with E-state index in [4.69, 9.17) is 5.26 Å². The maximum atomic E-state index is 13.1. The molecule has 2 aromatic rings. The van der Waals surface area contributed by atoms with Gasteiger partial charge in [0.05, 0.1) is 0 Å². The molecule has 8 heteroatoms. The molecule has 1 aliphatic carbocycles. The number of aliphatic hydroxyl groups is 1. The lowest BCUT2D eigenvalue weighted by Gasteiger charge is -2.36. The first-order chi connectivity index (χ1) is 15.1. The second-order valence-corrected chi connectivity index (χ2v) is 8.33. The minimum atomic E-state index is -4.81. The molecular formula is C24H26F3N3O2. The maximum Gasteiger partial charge on any atom is 0.421 e. The van der Waals surface area contributed by atoms with Gasteiger partial charge in [-0.2, -0.15) is 18.4 Å². The van der Waals surface area contributed by atoms with Crippen molar-refractivity contribution in [2.24, 2.45) is 0 Å². The van der Waals surface area contributed by atoms with Crippen LogP contribution in [-0.4, -0.2) is 39.7 Å². The van der Waals surface area contributed by atoms with Crippen molar-refractivity contribution in [3.63, 3.8) is 0 Å². The van der Waals surface area contributed by atoms with Gasteiger partial charge in [-0.1, -0.05) is 18.2 Å². The summed E-state index contributed by atoms with van der Waals surface area (Å²) in [4.78, 5) is 19.0. The summed E-state index contributed by atoms with van der Waals surface area (Å²) in [6.45, 7) is 3.08. The van der Waals surface area contributed by atoms with E-state index in [1.807, 2.05) is 19.1 Å². The van der Waals surface area contributed by atoms with E-state index in [2.05, 4.69) is 4.98 Å². The van der Waals surface area contributed by atoms with Gasteiger partial charge in [-0.3, -0.25) is 4.79 Å². The van der Waals surface area contributed by atoms with Gasteiger partial charge in [-0.15, -0.1) is 0 Å². The van der Waals surface area contributed by atoms with E-state index in [-0.39, 0.29) is 17.5 Å². The third-order valence-electron chi connectivity index (χ3n) is 6.36. The number of pyridine rings is 1. The quantitative estimate of drug-likeness (QED) is 0.709. The lowest BCUT2D eigenvalue weighted by molar-refractivity contribution is -0.258. The van der Waals surface area contributed by atoms with Gasteiger partial charge >= 0.3 is 6.18 Å². The zero-order chi connectivity index (χ0) is 23.5. The predicted octanol–water partition coefficient (Wildman–Crippen LogP) is 4.91. The van der Waals surface area contributed by atoms with Crippen molar-refractivity contribution >= 4 is 5.91 Å². The zero-order valence-corrected chi connectivity index (χ0v) is 18.1. The molecule has 0 saturated heterocycles. The Morgan fingerprint density at radius 3 is 2.25 bits per heavy atom. The molecule has 1 aromatic heterocycles. The summed E-state index contributed by atoms with van der Waals surface area (Å²) in [6.07, 6.45) is 0.321. The van der Waals surface area contributed by atoms with Crippen molar-refractivity contribution in [3.8, 4) is 6.07 Å². The van der Waals surface area contributed by atoms with Gasteiger partial charge < -0.3 is 10.0 Å². The van der Waals surface area contributed by atoms with Crippen molar-refractivity contribution in [2.75, 3.05) is 6.54 Å². The van der Waals surface area contributed by atoms with Crippen molar-refractivity contribution < 1.29 is 23.1 Å². The number of nitrogens with zero attached hydrogens (tertiary/aromatic N) is 3. The fourth-order valence-electron chi connectivity index (χ4n) is 4.27. The Balaban J connectivity index is 1.67. The topological polar surface area (TPSA) is 77.2 Å². The molecule has 5 nitrogen and oxygen atoms in total. The van der Waals surface area contributed by atoms with Crippen LogP contribution in [0.5, 0.6) is 0 Å². The predicted molar refractivity (Wildman–Crippen MR) is 113 cm³/mol. The van der Waals surface area contributed by atoms with E-state index in [1.54, 1.807) is 17.2 Å². The minimum Gasteiger partial charge on any atom is -0.376 e. The Hall–Kier alpha value is -2.92. The molecule has 0 spiro atoms. The summed E-state index contributed by atoms with van der Waals surface area (Å²) in [5.41, 5.74) is -1.51. The second kappa shape index (κ2) is 9.29. The van der Waals surface area contributed by atoms with E-state index < -0.39 is 11.8 Å². The van der Waals surface area contributed by atoms with Crippen LogP contribution in [0.15, 0.2) is 42.6 Å². The highest BCUT2D eigenvalue weighted by Gasteiger charge is 2.51. The van der Waals surface area contributed by atoms with Gasteiger partial charge in [0.1, 0.15) is 11.8 Å². The molecule has 0 bridgehead atoms. The molecule has 32 heavy (non-hydrogen) atoms. The average Bonchev–Trinajstić information content (AvgIpc) is 2.79. The molecule has 1 N–H and O–H groups in total. The number of carbonyl (C=O) groups is 1. The first kappa shape index (κ1) is 23.7. The van der Waals surface area contributed by atoms with E-state index >= 15 is 0 Å². The highest BCUT2D eigenvalue weighted by atomic mass is 19.4. The molecule has 1 saturated carbocycles. The molecule has 1 unspecified atom stereocenters. The van der Waals surface area contributed by atoms with E-state index in [9.17, 15) is 23.1 Å². The molecule has 1 atom stereocenters. The summed E-state index contributed by atoms with van der Waals surface area (Å²) in [5, 5.41) is 18.7. The van der Waals surface area contributed by atoms with E-state index in [0.29, 0.717) is 30.6 Å². The first-order valence-corrected chi connectivity index (χ1v) is 10.6. The number of nitriles is 1.